The summed E-state index contributed by atoms with van der Waals surface area (Å²) in [5, 5.41) is 0. The van der Waals surface area contributed by atoms with Gasteiger partial charge in [-0.1, -0.05) is 32.4 Å². The number of hydrogen-bond acceptors (Lipinski definition) is 3. The summed E-state index contributed by atoms with van der Waals surface area (Å²) in [7, 11) is 1.72. The summed E-state index contributed by atoms with van der Waals surface area (Å²) in [6.45, 7) is 5.02. The highest BCUT2D eigenvalue weighted by Crippen LogP contribution is 2.17. The Bertz CT molecular complexity index is 337. The van der Waals surface area contributed by atoms with E-state index in [1.807, 2.05) is 12.1 Å². The van der Waals surface area contributed by atoms with Crippen LogP contribution < -0.4 is 10.5 Å². The molecule has 0 heterocycles. The number of rotatable bonds is 9. The molecule has 19 heavy (non-hydrogen) atoms. The average molecular weight is 265 g/mol. The maximum atomic E-state index is 6.14. The lowest BCUT2D eigenvalue weighted by Gasteiger charge is -2.23. The van der Waals surface area contributed by atoms with Gasteiger partial charge >= 0.3 is 0 Å². The van der Waals surface area contributed by atoms with E-state index in [1.165, 1.54) is 5.56 Å². The summed E-state index contributed by atoms with van der Waals surface area (Å²) in [6.07, 6.45) is 4.07. The molecule has 0 aliphatic carbocycles. The van der Waals surface area contributed by atoms with Crippen LogP contribution in [0.3, 0.4) is 0 Å². The van der Waals surface area contributed by atoms with Crippen LogP contribution in [0, 0.1) is 0 Å². The maximum absolute atomic E-state index is 6.14. The van der Waals surface area contributed by atoms with Gasteiger partial charge in [0.2, 0.25) is 0 Å². The van der Waals surface area contributed by atoms with Gasteiger partial charge in [0.25, 0.3) is 0 Å². The third-order valence-electron chi connectivity index (χ3n) is 3.31. The second-order valence-electron chi connectivity index (χ2n) is 4.90. The molecule has 2 atom stereocenters. The van der Waals surface area contributed by atoms with E-state index >= 15 is 0 Å². The van der Waals surface area contributed by atoms with Crippen LogP contribution in [0.5, 0.6) is 5.75 Å². The SMILES string of the molecule is CCCC(N)C(CC)Oc1ccc(CCOC)cc1. The molecule has 1 aromatic carbocycles. The number of hydrogen-bond donors (Lipinski definition) is 1. The van der Waals surface area contributed by atoms with Gasteiger partial charge in [0.1, 0.15) is 11.9 Å². The average Bonchev–Trinajstić information content (AvgIpc) is 2.44. The fourth-order valence-electron chi connectivity index (χ4n) is 2.12. The van der Waals surface area contributed by atoms with Crippen molar-refractivity contribution in [1.82, 2.24) is 0 Å². The maximum Gasteiger partial charge on any atom is 0.119 e. The summed E-state index contributed by atoms with van der Waals surface area (Å²) in [6, 6.07) is 8.33. The Morgan fingerprint density at radius 2 is 1.84 bits per heavy atom. The summed E-state index contributed by atoms with van der Waals surface area (Å²) in [4.78, 5) is 0. The molecule has 0 aliphatic heterocycles. The zero-order valence-electron chi connectivity index (χ0n) is 12.4. The highest BCUT2D eigenvalue weighted by molar-refractivity contribution is 5.27. The Labute approximate surface area is 117 Å². The van der Waals surface area contributed by atoms with Crippen molar-refractivity contribution in [2.45, 2.75) is 51.7 Å². The highest BCUT2D eigenvalue weighted by Gasteiger charge is 2.16. The Kier molecular flexibility index (Phi) is 7.53. The van der Waals surface area contributed by atoms with E-state index in [-0.39, 0.29) is 12.1 Å². The van der Waals surface area contributed by atoms with Gasteiger partial charge in [0.05, 0.1) is 6.61 Å². The molecule has 0 saturated heterocycles. The van der Waals surface area contributed by atoms with Crippen LogP contribution in [0.4, 0.5) is 0 Å². The van der Waals surface area contributed by atoms with E-state index in [0.717, 1.165) is 38.0 Å². The van der Waals surface area contributed by atoms with Gasteiger partial charge in [-0.15, -0.1) is 0 Å². The van der Waals surface area contributed by atoms with Crippen molar-refractivity contribution in [2.75, 3.05) is 13.7 Å². The third-order valence-corrected chi connectivity index (χ3v) is 3.31. The predicted octanol–water partition coefficient (Wildman–Crippen LogP) is 3.16. The van der Waals surface area contributed by atoms with E-state index in [4.69, 9.17) is 15.2 Å². The van der Waals surface area contributed by atoms with Crippen molar-refractivity contribution in [3.05, 3.63) is 29.8 Å². The van der Waals surface area contributed by atoms with Crippen LogP contribution >= 0.6 is 0 Å². The van der Waals surface area contributed by atoms with Crippen LogP contribution in [0.25, 0.3) is 0 Å². The number of benzene rings is 1. The Balaban J connectivity index is 2.55. The van der Waals surface area contributed by atoms with E-state index in [1.54, 1.807) is 7.11 Å². The summed E-state index contributed by atoms with van der Waals surface area (Å²) < 4.78 is 11.0. The third kappa shape index (κ3) is 5.62. The Morgan fingerprint density at radius 3 is 2.37 bits per heavy atom. The van der Waals surface area contributed by atoms with Gasteiger partial charge in [-0.05, 0) is 37.0 Å². The number of nitrogens with two attached hydrogens (primary N) is 1. The van der Waals surface area contributed by atoms with Gasteiger partial charge in [-0.3, -0.25) is 0 Å². The van der Waals surface area contributed by atoms with E-state index in [9.17, 15) is 0 Å². The molecular weight excluding hydrogens is 238 g/mol. The molecule has 0 aromatic heterocycles. The largest absolute Gasteiger partial charge is 0.489 e. The first-order valence-corrected chi connectivity index (χ1v) is 7.21. The second-order valence-corrected chi connectivity index (χ2v) is 4.90. The first-order valence-electron chi connectivity index (χ1n) is 7.21. The predicted molar refractivity (Wildman–Crippen MR) is 79.6 cm³/mol. The molecule has 0 fully saturated rings. The van der Waals surface area contributed by atoms with E-state index in [2.05, 4.69) is 26.0 Å². The molecule has 0 saturated carbocycles. The molecule has 108 valence electrons. The molecule has 0 spiro atoms. The fraction of sp³-hybridized carbons (Fsp3) is 0.625. The molecule has 0 bridgehead atoms. The molecule has 3 nitrogen and oxygen atoms in total. The van der Waals surface area contributed by atoms with Crippen molar-refractivity contribution >= 4 is 0 Å². The quantitative estimate of drug-likeness (QED) is 0.746. The lowest BCUT2D eigenvalue weighted by molar-refractivity contribution is 0.161. The van der Waals surface area contributed by atoms with Crippen LogP contribution in [0.15, 0.2) is 24.3 Å². The minimum Gasteiger partial charge on any atom is -0.489 e. The van der Waals surface area contributed by atoms with Crippen LogP contribution in [-0.2, 0) is 11.2 Å². The van der Waals surface area contributed by atoms with E-state index in [0.29, 0.717) is 0 Å². The molecule has 0 radical (unpaired) electrons. The summed E-state index contributed by atoms with van der Waals surface area (Å²) >= 11 is 0. The number of ether oxygens (including phenoxy) is 2. The van der Waals surface area contributed by atoms with E-state index < -0.39 is 0 Å². The zero-order valence-corrected chi connectivity index (χ0v) is 12.4. The normalized spacial score (nSPS) is 14.1. The molecule has 2 N–H and O–H groups in total. The fourth-order valence-corrected chi connectivity index (χ4v) is 2.12. The van der Waals surface area contributed by atoms with Crippen molar-refractivity contribution in [1.29, 1.82) is 0 Å². The van der Waals surface area contributed by atoms with Gasteiger partial charge < -0.3 is 15.2 Å². The lowest BCUT2D eigenvalue weighted by atomic mass is 10.0. The molecule has 1 rings (SSSR count). The van der Waals surface area contributed by atoms with Gasteiger partial charge in [0.15, 0.2) is 0 Å². The second kappa shape index (κ2) is 8.94. The van der Waals surface area contributed by atoms with Crippen LogP contribution in [0.1, 0.15) is 38.7 Å². The van der Waals surface area contributed by atoms with Crippen LogP contribution in [-0.4, -0.2) is 25.9 Å². The first-order chi connectivity index (χ1) is 9.21. The lowest BCUT2D eigenvalue weighted by Crippen LogP contribution is -2.38. The summed E-state index contributed by atoms with van der Waals surface area (Å²) in [5.41, 5.74) is 7.40. The molecule has 1 aromatic rings. The topological polar surface area (TPSA) is 44.5 Å². The molecule has 3 heteroatoms. The Hall–Kier alpha value is -1.06. The van der Waals surface area contributed by atoms with Crippen molar-refractivity contribution < 1.29 is 9.47 Å². The monoisotopic (exact) mass is 265 g/mol. The molecule has 0 amide bonds. The van der Waals surface area contributed by atoms with Gasteiger partial charge in [-0.2, -0.15) is 0 Å². The smallest absolute Gasteiger partial charge is 0.119 e. The van der Waals surface area contributed by atoms with Crippen molar-refractivity contribution in [2.24, 2.45) is 5.73 Å². The number of methoxy groups -OCH3 is 1. The van der Waals surface area contributed by atoms with Crippen LogP contribution in [0.2, 0.25) is 0 Å². The Morgan fingerprint density at radius 1 is 1.16 bits per heavy atom. The molecule has 2 unspecified atom stereocenters. The van der Waals surface area contributed by atoms with Crippen molar-refractivity contribution in [3.8, 4) is 5.75 Å². The molecule has 0 aliphatic rings. The minimum atomic E-state index is 0.102. The molecular formula is C16H27NO2. The zero-order chi connectivity index (χ0) is 14.1. The minimum absolute atomic E-state index is 0.102. The first kappa shape index (κ1) is 16.0. The summed E-state index contributed by atoms with van der Waals surface area (Å²) in [5.74, 6) is 0.902. The van der Waals surface area contributed by atoms with Crippen molar-refractivity contribution in [3.63, 3.8) is 0 Å². The standard InChI is InChI=1S/C16H27NO2/c1-4-6-15(17)16(5-2)19-14-9-7-13(8-10-14)11-12-18-3/h7-10,15-16H,4-6,11-12,17H2,1-3H3. The van der Waals surface area contributed by atoms with Gasteiger partial charge in [0, 0.05) is 13.2 Å². The van der Waals surface area contributed by atoms with Gasteiger partial charge in [-0.25, -0.2) is 0 Å². The highest BCUT2D eigenvalue weighted by atomic mass is 16.5.